The average molecular weight is 482 g/mol. The Morgan fingerprint density at radius 2 is 1.97 bits per heavy atom. The van der Waals surface area contributed by atoms with Gasteiger partial charge in [0.2, 0.25) is 5.95 Å². The van der Waals surface area contributed by atoms with Crippen molar-refractivity contribution < 1.29 is 8.78 Å². The lowest BCUT2D eigenvalue weighted by atomic mass is 9.77. The van der Waals surface area contributed by atoms with Crippen molar-refractivity contribution in [2.45, 2.75) is 44.6 Å². The summed E-state index contributed by atoms with van der Waals surface area (Å²) in [5.74, 6) is 1.60. The molecule has 0 amide bonds. The van der Waals surface area contributed by atoms with Gasteiger partial charge in [-0.05, 0) is 79.1 Å². The van der Waals surface area contributed by atoms with Gasteiger partial charge in [0.25, 0.3) is 6.43 Å². The van der Waals surface area contributed by atoms with E-state index in [1.165, 1.54) is 35.6 Å². The summed E-state index contributed by atoms with van der Waals surface area (Å²) in [6.45, 7) is 2.70. The van der Waals surface area contributed by atoms with Crippen molar-refractivity contribution in [2.75, 3.05) is 30.4 Å². The van der Waals surface area contributed by atoms with Crippen LogP contribution >= 0.6 is 11.6 Å². The number of nitrogens with one attached hydrogen (secondary N) is 1. The molecule has 2 aromatic carbocycles. The molecule has 0 spiro atoms. The van der Waals surface area contributed by atoms with Crippen LogP contribution in [0.1, 0.15) is 53.0 Å². The summed E-state index contributed by atoms with van der Waals surface area (Å²) >= 11 is 6.48. The van der Waals surface area contributed by atoms with E-state index >= 15 is 0 Å². The predicted molar refractivity (Wildman–Crippen MR) is 131 cm³/mol. The van der Waals surface area contributed by atoms with Gasteiger partial charge >= 0.3 is 0 Å². The number of nitrogens with zero attached hydrogens (tertiary/aromatic N) is 4. The molecule has 5 nitrogen and oxygen atoms in total. The first-order valence-electron chi connectivity index (χ1n) is 11.8. The van der Waals surface area contributed by atoms with Crippen LogP contribution in [0, 0.1) is 0 Å². The third-order valence-corrected chi connectivity index (χ3v) is 7.49. The number of aryl methyl sites for hydroxylation is 1. The third-order valence-electron chi connectivity index (χ3n) is 7.22. The summed E-state index contributed by atoms with van der Waals surface area (Å²) in [6.07, 6.45) is 3.38. The molecule has 0 saturated heterocycles. The van der Waals surface area contributed by atoms with Gasteiger partial charge < -0.3 is 15.1 Å². The third kappa shape index (κ3) is 3.81. The highest BCUT2D eigenvalue weighted by molar-refractivity contribution is 6.33. The largest absolute Gasteiger partial charge is 0.324 e. The number of alkyl halides is 2. The van der Waals surface area contributed by atoms with Gasteiger partial charge in [0.05, 0.1) is 6.20 Å². The van der Waals surface area contributed by atoms with E-state index in [0.717, 1.165) is 42.9 Å². The second kappa shape index (κ2) is 8.47. The highest BCUT2D eigenvalue weighted by atomic mass is 35.5. The number of aromatic nitrogens is 2. The van der Waals surface area contributed by atoms with E-state index in [9.17, 15) is 8.78 Å². The number of benzene rings is 2. The van der Waals surface area contributed by atoms with Crippen LogP contribution in [0.3, 0.4) is 0 Å². The lowest BCUT2D eigenvalue weighted by Crippen LogP contribution is -2.33. The van der Waals surface area contributed by atoms with Gasteiger partial charge in [-0.3, -0.25) is 0 Å². The van der Waals surface area contributed by atoms with Crippen molar-refractivity contribution in [1.82, 2.24) is 14.9 Å². The molecule has 2 aliphatic heterocycles. The Balaban J connectivity index is 1.33. The molecular weight excluding hydrogens is 456 g/mol. The van der Waals surface area contributed by atoms with Crippen LogP contribution in [0.25, 0.3) is 0 Å². The van der Waals surface area contributed by atoms with E-state index in [4.69, 9.17) is 16.6 Å². The Labute approximate surface area is 202 Å². The molecule has 0 radical (unpaired) electrons. The Bertz CT molecular complexity index is 1260. The van der Waals surface area contributed by atoms with Crippen molar-refractivity contribution in [3.05, 3.63) is 69.4 Å². The molecule has 0 bridgehead atoms. The average Bonchev–Trinajstić information content (AvgIpc) is 3.23. The van der Waals surface area contributed by atoms with Gasteiger partial charge in [0.15, 0.2) is 5.82 Å². The molecule has 3 heterocycles. The molecule has 176 valence electrons. The predicted octanol–water partition coefficient (Wildman–Crippen LogP) is 6.37. The molecular formula is C26H26ClF2N5. The zero-order chi connectivity index (χ0) is 23.4. The molecule has 6 rings (SSSR count). The monoisotopic (exact) mass is 481 g/mol. The van der Waals surface area contributed by atoms with Crippen LogP contribution in [-0.4, -0.2) is 35.0 Å². The summed E-state index contributed by atoms with van der Waals surface area (Å²) < 4.78 is 26.6. The topological polar surface area (TPSA) is 44.3 Å². The second-order valence-electron chi connectivity index (χ2n) is 9.57. The summed E-state index contributed by atoms with van der Waals surface area (Å²) in [6, 6.07) is 9.25. The first kappa shape index (κ1) is 21.7. The van der Waals surface area contributed by atoms with Crippen LogP contribution in [0.4, 0.5) is 31.9 Å². The molecule has 0 saturated carbocycles. The standard InChI is InChI=1S/C26H26ClF2N5/c1-33-13-18-4-2-3-16-9-20(10-19(14-33)23(16)18)31-26-30-12-21(27)25(32-26)34-8-7-15-5-6-17(24(28)29)11-22(15)34/h5-6,9-12,18,24H,2-4,7-8,13-14H2,1H3,(H,30,31,32). The van der Waals surface area contributed by atoms with Crippen molar-refractivity contribution >= 4 is 34.7 Å². The van der Waals surface area contributed by atoms with E-state index in [1.54, 1.807) is 18.3 Å². The van der Waals surface area contributed by atoms with E-state index in [0.29, 0.717) is 29.3 Å². The number of hydrogen-bond acceptors (Lipinski definition) is 5. The van der Waals surface area contributed by atoms with E-state index in [-0.39, 0.29) is 5.56 Å². The fraction of sp³-hybridized carbons (Fsp3) is 0.385. The molecule has 0 fully saturated rings. The minimum absolute atomic E-state index is 0.000443. The number of halogens is 3. The number of hydrogen-bond donors (Lipinski definition) is 1. The van der Waals surface area contributed by atoms with Gasteiger partial charge in [0, 0.05) is 36.6 Å². The van der Waals surface area contributed by atoms with Gasteiger partial charge in [-0.25, -0.2) is 13.8 Å². The Kier molecular flexibility index (Phi) is 5.41. The summed E-state index contributed by atoms with van der Waals surface area (Å²) in [5, 5.41) is 3.78. The van der Waals surface area contributed by atoms with Gasteiger partial charge in [-0.1, -0.05) is 23.7 Å². The van der Waals surface area contributed by atoms with Gasteiger partial charge in [-0.15, -0.1) is 0 Å². The molecule has 34 heavy (non-hydrogen) atoms. The second-order valence-corrected chi connectivity index (χ2v) is 9.98. The normalized spacial score (nSPS) is 19.3. The molecule has 1 aliphatic carbocycles. The van der Waals surface area contributed by atoms with E-state index in [2.05, 4.69) is 34.4 Å². The van der Waals surface area contributed by atoms with E-state index < -0.39 is 6.43 Å². The number of rotatable bonds is 4. The smallest absolute Gasteiger partial charge is 0.263 e. The maximum absolute atomic E-state index is 13.3. The minimum Gasteiger partial charge on any atom is -0.324 e. The fourth-order valence-corrected chi connectivity index (χ4v) is 5.99. The minimum atomic E-state index is -2.52. The molecule has 1 atom stereocenters. The molecule has 1 N–H and O–H groups in total. The maximum Gasteiger partial charge on any atom is 0.263 e. The summed E-state index contributed by atoms with van der Waals surface area (Å²) in [5.41, 5.74) is 7.06. The van der Waals surface area contributed by atoms with Gasteiger partial charge in [-0.2, -0.15) is 4.98 Å². The SMILES string of the molecule is CN1Cc2cc(Nc3ncc(Cl)c(N4CCc5ccc(C(F)F)cc54)n3)cc3c2C(CCC3)C1. The molecule has 1 aromatic heterocycles. The lowest BCUT2D eigenvalue weighted by molar-refractivity contribution is 0.151. The Hall–Kier alpha value is -2.77. The Morgan fingerprint density at radius 3 is 2.82 bits per heavy atom. The van der Waals surface area contributed by atoms with Crippen molar-refractivity contribution in [3.63, 3.8) is 0 Å². The maximum atomic E-state index is 13.3. The molecule has 3 aliphatic rings. The molecule has 8 heteroatoms. The molecule has 1 unspecified atom stereocenters. The quantitative estimate of drug-likeness (QED) is 0.469. The Morgan fingerprint density at radius 1 is 1.12 bits per heavy atom. The zero-order valence-corrected chi connectivity index (χ0v) is 19.7. The van der Waals surface area contributed by atoms with Gasteiger partial charge in [0.1, 0.15) is 5.02 Å². The van der Waals surface area contributed by atoms with Crippen molar-refractivity contribution in [3.8, 4) is 0 Å². The van der Waals surface area contributed by atoms with Crippen LogP contribution in [0.5, 0.6) is 0 Å². The summed E-state index contributed by atoms with van der Waals surface area (Å²) in [4.78, 5) is 13.4. The highest BCUT2D eigenvalue weighted by Crippen LogP contribution is 2.41. The van der Waals surface area contributed by atoms with Crippen molar-refractivity contribution in [2.24, 2.45) is 0 Å². The molecule has 3 aromatic rings. The highest BCUT2D eigenvalue weighted by Gasteiger charge is 2.29. The fourth-order valence-electron chi connectivity index (χ4n) is 5.80. The number of likely N-dealkylation sites (N-methyl/N-ethyl adjacent to an activating group) is 1. The number of fused-ring (bicyclic) bond motifs is 1. The first-order chi connectivity index (χ1) is 16.5. The van der Waals surface area contributed by atoms with E-state index in [1.807, 2.05) is 4.90 Å². The summed E-state index contributed by atoms with van der Waals surface area (Å²) in [7, 11) is 2.18. The number of anilines is 4. The first-order valence-corrected chi connectivity index (χ1v) is 12.2. The zero-order valence-electron chi connectivity index (χ0n) is 19.0. The van der Waals surface area contributed by atoms with Crippen LogP contribution in [-0.2, 0) is 19.4 Å². The lowest BCUT2D eigenvalue weighted by Gasteiger charge is -2.37. The van der Waals surface area contributed by atoms with Crippen molar-refractivity contribution in [1.29, 1.82) is 0 Å². The van der Waals surface area contributed by atoms with Crippen LogP contribution in [0.15, 0.2) is 36.5 Å². The van der Waals surface area contributed by atoms with Crippen LogP contribution in [0.2, 0.25) is 5.02 Å². The van der Waals surface area contributed by atoms with Crippen LogP contribution < -0.4 is 10.2 Å².